The first kappa shape index (κ1) is 12.0. The summed E-state index contributed by atoms with van der Waals surface area (Å²) in [6.45, 7) is 1.18. The van der Waals surface area contributed by atoms with Crippen molar-refractivity contribution >= 4 is 17.5 Å². The van der Waals surface area contributed by atoms with Gasteiger partial charge in [-0.05, 0) is 43.2 Å². The molecule has 17 heavy (non-hydrogen) atoms. The maximum Gasteiger partial charge on any atom is 0.251 e. The smallest absolute Gasteiger partial charge is 0.251 e. The molecular weight excluding hydrogens is 238 g/mol. The SMILES string of the molecule is O=C(NCC1=CCCCO1)c1ccc(Cl)cc1. The van der Waals surface area contributed by atoms with Gasteiger partial charge in [-0.1, -0.05) is 11.6 Å². The summed E-state index contributed by atoms with van der Waals surface area (Å²) < 4.78 is 5.41. The normalized spacial score (nSPS) is 14.8. The number of hydrogen-bond acceptors (Lipinski definition) is 2. The lowest BCUT2D eigenvalue weighted by molar-refractivity contribution is 0.0944. The Morgan fingerprint density at radius 2 is 2.12 bits per heavy atom. The highest BCUT2D eigenvalue weighted by atomic mass is 35.5. The van der Waals surface area contributed by atoms with E-state index >= 15 is 0 Å². The van der Waals surface area contributed by atoms with Crippen LogP contribution in [0.5, 0.6) is 0 Å². The highest BCUT2D eigenvalue weighted by molar-refractivity contribution is 6.30. The van der Waals surface area contributed by atoms with Gasteiger partial charge in [-0.3, -0.25) is 4.79 Å². The van der Waals surface area contributed by atoms with Crippen molar-refractivity contribution < 1.29 is 9.53 Å². The molecule has 4 heteroatoms. The number of ether oxygens (including phenoxy) is 1. The van der Waals surface area contributed by atoms with Crippen LogP contribution in [-0.4, -0.2) is 19.1 Å². The topological polar surface area (TPSA) is 38.3 Å². The molecule has 0 saturated heterocycles. The lowest BCUT2D eigenvalue weighted by Crippen LogP contribution is -2.27. The third-order valence-corrected chi connectivity index (χ3v) is 2.79. The van der Waals surface area contributed by atoms with E-state index in [0.29, 0.717) is 17.1 Å². The summed E-state index contributed by atoms with van der Waals surface area (Å²) in [5, 5.41) is 3.44. The first-order chi connectivity index (χ1) is 8.25. The van der Waals surface area contributed by atoms with Crippen LogP contribution in [0, 0.1) is 0 Å². The van der Waals surface area contributed by atoms with Crippen LogP contribution in [0.2, 0.25) is 5.02 Å². The molecule has 0 unspecified atom stereocenters. The molecule has 2 rings (SSSR count). The predicted octanol–water partition coefficient (Wildman–Crippen LogP) is 2.76. The molecule has 1 amide bonds. The fraction of sp³-hybridized carbons (Fsp3) is 0.308. The van der Waals surface area contributed by atoms with Gasteiger partial charge in [-0.2, -0.15) is 0 Å². The molecule has 0 radical (unpaired) electrons. The number of halogens is 1. The Labute approximate surface area is 105 Å². The zero-order valence-electron chi connectivity index (χ0n) is 9.41. The van der Waals surface area contributed by atoms with Gasteiger partial charge in [-0.25, -0.2) is 0 Å². The molecule has 0 aliphatic carbocycles. The van der Waals surface area contributed by atoms with Crippen LogP contribution >= 0.6 is 11.6 Å². The van der Waals surface area contributed by atoms with Crippen molar-refractivity contribution in [2.24, 2.45) is 0 Å². The molecule has 0 fully saturated rings. The van der Waals surface area contributed by atoms with E-state index in [1.54, 1.807) is 24.3 Å². The van der Waals surface area contributed by atoms with Crippen molar-refractivity contribution in [3.05, 3.63) is 46.7 Å². The van der Waals surface area contributed by atoms with Gasteiger partial charge in [0.15, 0.2) is 0 Å². The van der Waals surface area contributed by atoms with Crippen molar-refractivity contribution in [3.8, 4) is 0 Å². The average Bonchev–Trinajstić information content (AvgIpc) is 2.38. The van der Waals surface area contributed by atoms with E-state index in [0.717, 1.165) is 25.2 Å². The van der Waals surface area contributed by atoms with Gasteiger partial charge in [0.05, 0.1) is 13.2 Å². The van der Waals surface area contributed by atoms with Crippen LogP contribution in [0.15, 0.2) is 36.1 Å². The number of nitrogens with one attached hydrogen (secondary N) is 1. The number of carbonyl (C=O) groups excluding carboxylic acids is 1. The minimum atomic E-state index is -0.114. The monoisotopic (exact) mass is 251 g/mol. The van der Waals surface area contributed by atoms with Crippen molar-refractivity contribution in [1.29, 1.82) is 0 Å². The largest absolute Gasteiger partial charge is 0.496 e. The Hall–Kier alpha value is -1.48. The molecule has 90 valence electrons. The van der Waals surface area contributed by atoms with Crippen LogP contribution in [0.3, 0.4) is 0 Å². The number of carbonyl (C=O) groups is 1. The van der Waals surface area contributed by atoms with Crippen molar-refractivity contribution in [2.45, 2.75) is 12.8 Å². The molecule has 1 heterocycles. The molecule has 0 spiro atoms. The Bertz CT molecular complexity index is 426. The second-order valence-corrected chi connectivity index (χ2v) is 4.29. The van der Waals surface area contributed by atoms with Crippen molar-refractivity contribution in [1.82, 2.24) is 5.32 Å². The van der Waals surface area contributed by atoms with Crippen LogP contribution < -0.4 is 5.32 Å². The molecular formula is C13H14ClNO2. The molecule has 1 aromatic rings. The minimum Gasteiger partial charge on any atom is -0.496 e. The van der Waals surface area contributed by atoms with Crippen molar-refractivity contribution in [3.63, 3.8) is 0 Å². The summed E-state index contributed by atoms with van der Waals surface area (Å²) in [5.41, 5.74) is 0.603. The summed E-state index contributed by atoms with van der Waals surface area (Å²) in [6, 6.07) is 6.81. The third-order valence-electron chi connectivity index (χ3n) is 2.54. The second-order valence-electron chi connectivity index (χ2n) is 3.85. The van der Waals surface area contributed by atoms with E-state index in [-0.39, 0.29) is 5.91 Å². The predicted molar refractivity (Wildman–Crippen MR) is 67.1 cm³/mol. The highest BCUT2D eigenvalue weighted by Crippen LogP contribution is 2.11. The van der Waals surface area contributed by atoms with Crippen molar-refractivity contribution in [2.75, 3.05) is 13.2 Å². The molecule has 1 aromatic carbocycles. The molecule has 1 aliphatic heterocycles. The molecule has 3 nitrogen and oxygen atoms in total. The first-order valence-corrected chi connectivity index (χ1v) is 5.99. The quantitative estimate of drug-likeness (QED) is 0.897. The molecule has 1 N–H and O–H groups in total. The van der Waals surface area contributed by atoms with Gasteiger partial charge in [0.25, 0.3) is 5.91 Å². The van der Waals surface area contributed by atoms with Gasteiger partial charge in [0, 0.05) is 10.6 Å². The third kappa shape index (κ3) is 3.49. The Balaban J connectivity index is 1.88. The highest BCUT2D eigenvalue weighted by Gasteiger charge is 2.08. The zero-order valence-corrected chi connectivity index (χ0v) is 10.2. The maximum atomic E-state index is 11.8. The lowest BCUT2D eigenvalue weighted by Gasteiger charge is -2.15. The number of rotatable bonds is 3. The van der Waals surface area contributed by atoms with E-state index in [4.69, 9.17) is 16.3 Å². The molecule has 0 atom stereocenters. The van der Waals surface area contributed by atoms with Crippen LogP contribution in [0.4, 0.5) is 0 Å². The minimum absolute atomic E-state index is 0.114. The van der Waals surface area contributed by atoms with Gasteiger partial charge in [0.2, 0.25) is 0 Å². The summed E-state index contributed by atoms with van der Waals surface area (Å²) in [7, 11) is 0. The van der Waals surface area contributed by atoms with Crippen LogP contribution in [0.1, 0.15) is 23.2 Å². The standard InChI is InChI=1S/C13H14ClNO2/c14-11-6-4-10(5-7-11)13(16)15-9-12-3-1-2-8-17-12/h3-7H,1-2,8-9H2,(H,15,16). The summed E-state index contributed by atoms with van der Waals surface area (Å²) >= 11 is 5.75. The number of amides is 1. The molecule has 0 saturated carbocycles. The van der Waals surface area contributed by atoms with Gasteiger partial charge >= 0.3 is 0 Å². The van der Waals surface area contributed by atoms with E-state index < -0.39 is 0 Å². The summed E-state index contributed by atoms with van der Waals surface area (Å²) in [5.74, 6) is 0.732. The van der Waals surface area contributed by atoms with Crippen LogP contribution in [0.25, 0.3) is 0 Å². The van der Waals surface area contributed by atoms with E-state index in [1.807, 2.05) is 6.08 Å². The fourth-order valence-electron chi connectivity index (χ4n) is 1.60. The average molecular weight is 252 g/mol. The van der Waals surface area contributed by atoms with Gasteiger partial charge in [0.1, 0.15) is 5.76 Å². The Kier molecular flexibility index (Phi) is 4.04. The zero-order chi connectivity index (χ0) is 12.1. The maximum absolute atomic E-state index is 11.8. The van der Waals surface area contributed by atoms with E-state index in [9.17, 15) is 4.79 Å². The summed E-state index contributed by atoms with van der Waals surface area (Å²) in [6.07, 6.45) is 4.09. The summed E-state index contributed by atoms with van der Waals surface area (Å²) in [4.78, 5) is 11.8. The molecule has 1 aliphatic rings. The molecule has 0 bridgehead atoms. The van der Waals surface area contributed by atoms with Gasteiger partial charge in [-0.15, -0.1) is 0 Å². The number of allylic oxidation sites excluding steroid dienone is 1. The van der Waals surface area contributed by atoms with E-state index in [2.05, 4.69) is 5.32 Å². The number of benzene rings is 1. The first-order valence-electron chi connectivity index (χ1n) is 5.61. The Morgan fingerprint density at radius 3 is 2.76 bits per heavy atom. The second kappa shape index (κ2) is 5.73. The lowest BCUT2D eigenvalue weighted by atomic mass is 10.2. The fourth-order valence-corrected chi connectivity index (χ4v) is 1.73. The number of hydrogen-bond donors (Lipinski definition) is 1. The Morgan fingerprint density at radius 1 is 1.35 bits per heavy atom. The molecule has 0 aromatic heterocycles. The van der Waals surface area contributed by atoms with Gasteiger partial charge < -0.3 is 10.1 Å². The van der Waals surface area contributed by atoms with E-state index in [1.165, 1.54) is 0 Å². The van der Waals surface area contributed by atoms with Crippen LogP contribution in [-0.2, 0) is 4.74 Å².